The number of aryl methyl sites for hydroxylation is 1. The van der Waals surface area contributed by atoms with Crippen LogP contribution in [-0.2, 0) is 14.9 Å². The standard InChI is InChI=1S/C25H26N2O4/c1-5-30-24(28)26-22-16(2)31-27-23(22)20-8-6-18(7-9-20)19-10-12-21(13-11-19)25(14-15-25)17(3)29-4/h6-13H,3,5,14-15H2,1-2,4H3,(H,26,28). The first-order valence-corrected chi connectivity index (χ1v) is 10.3. The Morgan fingerprint density at radius 3 is 2.23 bits per heavy atom. The largest absolute Gasteiger partial charge is 0.501 e. The zero-order valence-corrected chi connectivity index (χ0v) is 18.0. The van der Waals surface area contributed by atoms with E-state index in [-0.39, 0.29) is 5.41 Å². The van der Waals surface area contributed by atoms with Crippen LogP contribution in [0.3, 0.4) is 0 Å². The molecule has 1 heterocycles. The van der Waals surface area contributed by atoms with Crippen molar-refractivity contribution in [2.75, 3.05) is 19.0 Å². The Balaban J connectivity index is 1.55. The van der Waals surface area contributed by atoms with Crippen molar-refractivity contribution in [1.29, 1.82) is 0 Å². The molecule has 1 saturated carbocycles. The molecule has 1 amide bonds. The second-order valence-electron chi connectivity index (χ2n) is 7.67. The third-order valence-electron chi connectivity index (χ3n) is 5.82. The predicted octanol–water partition coefficient (Wildman–Crippen LogP) is 6.08. The first kappa shape index (κ1) is 20.7. The van der Waals surface area contributed by atoms with Gasteiger partial charge in [-0.05, 0) is 43.4 Å². The number of nitrogens with zero attached hydrogens (tertiary/aromatic N) is 1. The maximum Gasteiger partial charge on any atom is 0.411 e. The quantitative estimate of drug-likeness (QED) is 0.471. The van der Waals surface area contributed by atoms with Gasteiger partial charge < -0.3 is 14.0 Å². The van der Waals surface area contributed by atoms with Crippen LogP contribution in [-0.4, -0.2) is 25.0 Å². The number of nitrogens with one attached hydrogen (secondary N) is 1. The van der Waals surface area contributed by atoms with Crippen molar-refractivity contribution >= 4 is 11.8 Å². The summed E-state index contributed by atoms with van der Waals surface area (Å²) in [5.74, 6) is 1.36. The van der Waals surface area contributed by atoms with Crippen LogP contribution >= 0.6 is 0 Å². The first-order valence-electron chi connectivity index (χ1n) is 10.3. The van der Waals surface area contributed by atoms with E-state index in [9.17, 15) is 4.79 Å². The van der Waals surface area contributed by atoms with Crippen LogP contribution in [0.15, 0.2) is 65.4 Å². The fourth-order valence-electron chi connectivity index (χ4n) is 3.84. The molecule has 0 atom stereocenters. The highest BCUT2D eigenvalue weighted by Gasteiger charge is 2.48. The Hall–Kier alpha value is -3.54. The lowest BCUT2D eigenvalue weighted by Crippen LogP contribution is -2.14. The molecule has 1 aromatic heterocycles. The monoisotopic (exact) mass is 418 g/mol. The van der Waals surface area contributed by atoms with Gasteiger partial charge in [-0.2, -0.15) is 0 Å². The number of anilines is 1. The van der Waals surface area contributed by atoms with E-state index in [0.717, 1.165) is 35.3 Å². The van der Waals surface area contributed by atoms with Crippen LogP contribution in [0.1, 0.15) is 31.1 Å². The van der Waals surface area contributed by atoms with E-state index < -0.39 is 6.09 Å². The van der Waals surface area contributed by atoms with E-state index in [2.05, 4.69) is 41.3 Å². The van der Waals surface area contributed by atoms with Gasteiger partial charge in [0.2, 0.25) is 0 Å². The molecule has 6 heteroatoms. The fourth-order valence-corrected chi connectivity index (χ4v) is 3.84. The number of carbonyl (C=O) groups excluding carboxylic acids is 1. The van der Waals surface area contributed by atoms with Gasteiger partial charge in [0.25, 0.3) is 0 Å². The van der Waals surface area contributed by atoms with Crippen molar-refractivity contribution in [3.63, 3.8) is 0 Å². The van der Waals surface area contributed by atoms with Crippen LogP contribution in [0.4, 0.5) is 10.5 Å². The highest BCUT2D eigenvalue weighted by atomic mass is 16.5. The van der Waals surface area contributed by atoms with E-state index in [0.29, 0.717) is 23.7 Å². The fraction of sp³-hybridized carbons (Fsp3) is 0.280. The Kier molecular flexibility index (Phi) is 5.55. The van der Waals surface area contributed by atoms with E-state index in [1.807, 2.05) is 24.3 Å². The van der Waals surface area contributed by atoms with Crippen LogP contribution in [0.25, 0.3) is 22.4 Å². The van der Waals surface area contributed by atoms with Crippen molar-refractivity contribution in [2.45, 2.75) is 32.1 Å². The average Bonchev–Trinajstić information content (AvgIpc) is 3.53. The molecular weight excluding hydrogens is 392 g/mol. The molecule has 160 valence electrons. The Bertz CT molecular complexity index is 1090. The molecule has 31 heavy (non-hydrogen) atoms. The molecule has 0 saturated heterocycles. The third kappa shape index (κ3) is 3.93. The maximum absolute atomic E-state index is 11.8. The molecule has 1 N–H and O–H groups in total. The molecule has 0 bridgehead atoms. The lowest BCUT2D eigenvalue weighted by molar-refractivity contribution is 0.168. The van der Waals surface area contributed by atoms with Gasteiger partial charge in [0, 0.05) is 5.56 Å². The number of rotatable bonds is 7. The summed E-state index contributed by atoms with van der Waals surface area (Å²) in [6.45, 7) is 7.86. The average molecular weight is 418 g/mol. The van der Waals surface area contributed by atoms with Gasteiger partial charge >= 0.3 is 6.09 Å². The topological polar surface area (TPSA) is 73.6 Å². The van der Waals surface area contributed by atoms with Crippen LogP contribution in [0.5, 0.6) is 0 Å². The maximum atomic E-state index is 11.8. The number of allylic oxidation sites excluding steroid dienone is 1. The third-order valence-corrected chi connectivity index (χ3v) is 5.82. The highest BCUT2D eigenvalue weighted by Crippen LogP contribution is 2.53. The Labute approximate surface area is 181 Å². The minimum atomic E-state index is -0.531. The van der Waals surface area contributed by atoms with Gasteiger partial charge in [0.15, 0.2) is 5.76 Å². The molecule has 1 aliphatic rings. The van der Waals surface area contributed by atoms with Crippen molar-refractivity contribution in [3.8, 4) is 22.4 Å². The molecule has 0 spiro atoms. The predicted molar refractivity (Wildman–Crippen MR) is 120 cm³/mol. The summed E-state index contributed by atoms with van der Waals surface area (Å²) in [5.41, 5.74) is 5.36. The Morgan fingerprint density at radius 1 is 1.10 bits per heavy atom. The molecule has 4 rings (SSSR count). The SMILES string of the molecule is C=C(OC)C1(c2ccc(-c3ccc(-c4noc(C)c4NC(=O)OCC)cc3)cc2)CC1. The van der Waals surface area contributed by atoms with E-state index in [1.165, 1.54) is 5.56 Å². The number of ether oxygens (including phenoxy) is 2. The zero-order valence-electron chi connectivity index (χ0n) is 18.0. The normalized spacial score (nSPS) is 14.0. The number of benzene rings is 2. The lowest BCUT2D eigenvalue weighted by Gasteiger charge is -2.18. The van der Waals surface area contributed by atoms with Crippen molar-refractivity contribution in [3.05, 3.63) is 72.2 Å². The summed E-state index contributed by atoms with van der Waals surface area (Å²) in [6, 6.07) is 16.6. The molecule has 0 unspecified atom stereocenters. The van der Waals surface area contributed by atoms with Gasteiger partial charge in [0.05, 0.1) is 24.9 Å². The zero-order chi connectivity index (χ0) is 22.0. The number of amides is 1. The highest BCUT2D eigenvalue weighted by molar-refractivity contribution is 5.91. The summed E-state index contributed by atoms with van der Waals surface area (Å²) in [6.07, 6.45) is 1.62. The van der Waals surface area contributed by atoms with Crippen LogP contribution in [0.2, 0.25) is 0 Å². The van der Waals surface area contributed by atoms with E-state index in [1.54, 1.807) is 21.0 Å². The number of methoxy groups -OCH3 is 1. The van der Waals surface area contributed by atoms with Crippen molar-refractivity contribution < 1.29 is 18.8 Å². The second kappa shape index (κ2) is 8.30. The first-order chi connectivity index (χ1) is 15.0. The van der Waals surface area contributed by atoms with Gasteiger partial charge in [-0.1, -0.05) is 60.3 Å². The summed E-state index contributed by atoms with van der Waals surface area (Å²) in [4.78, 5) is 11.8. The van der Waals surface area contributed by atoms with Crippen LogP contribution in [0, 0.1) is 6.92 Å². The summed E-state index contributed by atoms with van der Waals surface area (Å²) >= 11 is 0. The number of carbonyl (C=O) groups is 1. The number of hydrogen-bond acceptors (Lipinski definition) is 5. The summed E-state index contributed by atoms with van der Waals surface area (Å²) in [7, 11) is 1.68. The van der Waals surface area contributed by atoms with Crippen molar-refractivity contribution in [2.24, 2.45) is 0 Å². The van der Waals surface area contributed by atoms with Crippen molar-refractivity contribution in [1.82, 2.24) is 5.16 Å². The minimum absolute atomic E-state index is 0.0235. The lowest BCUT2D eigenvalue weighted by atomic mass is 9.92. The second-order valence-corrected chi connectivity index (χ2v) is 7.67. The van der Waals surface area contributed by atoms with Gasteiger partial charge in [-0.15, -0.1) is 0 Å². The Morgan fingerprint density at radius 2 is 1.68 bits per heavy atom. The molecular formula is C25H26N2O4. The molecule has 0 radical (unpaired) electrons. The summed E-state index contributed by atoms with van der Waals surface area (Å²) < 4.78 is 15.7. The van der Waals surface area contributed by atoms with E-state index >= 15 is 0 Å². The molecule has 2 aromatic carbocycles. The number of hydrogen-bond donors (Lipinski definition) is 1. The van der Waals surface area contributed by atoms with Gasteiger partial charge in [0.1, 0.15) is 11.4 Å². The smallest absolute Gasteiger partial charge is 0.411 e. The van der Waals surface area contributed by atoms with E-state index in [4.69, 9.17) is 14.0 Å². The van der Waals surface area contributed by atoms with Crippen LogP contribution < -0.4 is 5.32 Å². The van der Waals surface area contributed by atoms with Gasteiger partial charge in [-0.25, -0.2) is 4.79 Å². The van der Waals surface area contributed by atoms with Gasteiger partial charge in [-0.3, -0.25) is 5.32 Å². The summed E-state index contributed by atoms with van der Waals surface area (Å²) in [5, 5.41) is 6.82. The molecule has 1 aliphatic carbocycles. The molecule has 0 aliphatic heterocycles. The molecule has 6 nitrogen and oxygen atoms in total. The number of aromatic nitrogens is 1. The molecule has 3 aromatic rings. The molecule has 1 fully saturated rings. The minimum Gasteiger partial charge on any atom is -0.501 e.